The van der Waals surface area contributed by atoms with Crippen LogP contribution in [-0.4, -0.2) is 29.8 Å². The lowest BCUT2D eigenvalue weighted by atomic mass is 9.80. The van der Waals surface area contributed by atoms with Crippen LogP contribution in [0.2, 0.25) is 0 Å². The van der Waals surface area contributed by atoms with Crippen LogP contribution in [0, 0.1) is 0 Å². The van der Waals surface area contributed by atoms with Gasteiger partial charge in [-0.1, -0.05) is 12.1 Å². The number of rotatable bonds is 3. The SMILES string of the molecule is COC(=O)Cn1ncc2cc([B-](F)(F)F)ccc21. The zero-order chi connectivity index (χ0) is 13.3. The smallest absolute Gasteiger partial charge is 0.468 e. The highest BCUT2D eigenvalue weighted by Crippen LogP contribution is 2.16. The molecule has 0 unspecified atom stereocenters. The van der Waals surface area contributed by atoms with E-state index in [4.69, 9.17) is 0 Å². The monoisotopic (exact) mass is 257 g/mol. The van der Waals surface area contributed by atoms with Gasteiger partial charge >= 0.3 is 12.9 Å². The molecule has 0 radical (unpaired) electrons. The van der Waals surface area contributed by atoms with Crippen LogP contribution in [0.5, 0.6) is 0 Å². The molecule has 0 N–H and O–H groups in total. The number of carbonyl (C=O) groups is 1. The van der Waals surface area contributed by atoms with Crippen LogP contribution in [0.1, 0.15) is 0 Å². The van der Waals surface area contributed by atoms with Gasteiger partial charge in [0.05, 0.1) is 18.8 Å². The van der Waals surface area contributed by atoms with Gasteiger partial charge in [0.15, 0.2) is 0 Å². The summed E-state index contributed by atoms with van der Waals surface area (Å²) < 4.78 is 43.4. The average molecular weight is 257 g/mol. The van der Waals surface area contributed by atoms with Crippen LogP contribution in [-0.2, 0) is 16.1 Å². The molecular weight excluding hydrogens is 248 g/mol. The zero-order valence-corrected chi connectivity index (χ0v) is 9.44. The summed E-state index contributed by atoms with van der Waals surface area (Å²) in [7, 11) is 1.23. The molecule has 2 rings (SSSR count). The van der Waals surface area contributed by atoms with Gasteiger partial charge in [-0.05, 0) is 6.07 Å². The first-order chi connectivity index (χ1) is 8.41. The second kappa shape index (κ2) is 4.36. The van der Waals surface area contributed by atoms with Crippen molar-refractivity contribution in [2.24, 2.45) is 0 Å². The topological polar surface area (TPSA) is 44.1 Å². The van der Waals surface area contributed by atoms with Gasteiger partial charge in [-0.3, -0.25) is 9.48 Å². The predicted octanol–water partition coefficient (Wildman–Crippen LogP) is 1.26. The average Bonchev–Trinajstić information content (AvgIpc) is 2.70. The number of esters is 1. The van der Waals surface area contributed by atoms with E-state index >= 15 is 0 Å². The molecule has 0 atom stereocenters. The first kappa shape index (κ1) is 12.5. The second-order valence-electron chi connectivity index (χ2n) is 3.77. The molecule has 96 valence electrons. The summed E-state index contributed by atoms with van der Waals surface area (Å²) in [6.45, 7) is -5.16. The molecule has 0 aliphatic heterocycles. The Morgan fingerprint density at radius 3 is 2.78 bits per heavy atom. The molecule has 0 aliphatic rings. The highest BCUT2D eigenvalue weighted by Gasteiger charge is 2.25. The summed E-state index contributed by atoms with van der Waals surface area (Å²) in [4.78, 5) is 11.1. The summed E-state index contributed by atoms with van der Waals surface area (Å²) >= 11 is 0. The largest absolute Gasteiger partial charge is 0.509 e. The second-order valence-corrected chi connectivity index (χ2v) is 3.77. The van der Waals surface area contributed by atoms with Crippen LogP contribution in [0.15, 0.2) is 24.4 Å². The number of hydrogen-bond acceptors (Lipinski definition) is 3. The summed E-state index contributed by atoms with van der Waals surface area (Å²) in [5.41, 5.74) is -0.218. The van der Waals surface area contributed by atoms with E-state index in [1.807, 2.05) is 0 Å². The quantitative estimate of drug-likeness (QED) is 0.614. The molecule has 18 heavy (non-hydrogen) atoms. The fourth-order valence-corrected chi connectivity index (χ4v) is 1.62. The summed E-state index contributed by atoms with van der Waals surface area (Å²) in [5.74, 6) is -0.510. The summed E-state index contributed by atoms with van der Waals surface area (Å²) in [5, 5.41) is 4.20. The summed E-state index contributed by atoms with van der Waals surface area (Å²) in [6, 6.07) is 3.31. The Kier molecular flexibility index (Phi) is 3.02. The molecule has 0 saturated heterocycles. The molecule has 1 aromatic heterocycles. The van der Waals surface area contributed by atoms with Crippen LogP contribution < -0.4 is 5.46 Å². The van der Waals surface area contributed by atoms with Crippen molar-refractivity contribution in [1.82, 2.24) is 9.78 Å². The molecule has 0 amide bonds. The van der Waals surface area contributed by atoms with Crippen LogP contribution in [0.25, 0.3) is 10.9 Å². The van der Waals surface area contributed by atoms with Crippen LogP contribution in [0.3, 0.4) is 0 Å². The number of hydrogen-bond donors (Lipinski definition) is 0. The van der Waals surface area contributed by atoms with Gasteiger partial charge in [0.1, 0.15) is 6.54 Å². The fraction of sp³-hybridized carbons (Fsp3) is 0.200. The maximum Gasteiger partial charge on any atom is 0.509 e. The van der Waals surface area contributed by atoms with Crippen molar-refractivity contribution in [3.8, 4) is 0 Å². The highest BCUT2D eigenvalue weighted by atomic mass is 19.4. The standard InChI is InChI=1S/C10H9BF3N2O2/c1-18-10(17)6-16-9-3-2-8(11(12,13)14)4-7(9)5-15-16/h2-5H,6H2,1H3/q-1. The molecule has 4 nitrogen and oxygen atoms in total. The highest BCUT2D eigenvalue weighted by molar-refractivity contribution is 6.73. The third-order valence-electron chi connectivity index (χ3n) is 2.55. The Balaban J connectivity index is 2.41. The lowest BCUT2D eigenvalue weighted by Gasteiger charge is -2.14. The van der Waals surface area contributed by atoms with E-state index in [1.54, 1.807) is 0 Å². The molecule has 0 fully saturated rings. The number of carbonyl (C=O) groups excluding carboxylic acids is 1. The Morgan fingerprint density at radius 2 is 2.17 bits per heavy atom. The van der Waals surface area contributed by atoms with Crippen molar-refractivity contribution in [3.63, 3.8) is 0 Å². The lowest BCUT2D eigenvalue weighted by molar-refractivity contribution is -0.141. The van der Waals surface area contributed by atoms with Gasteiger partial charge in [-0.2, -0.15) is 5.10 Å². The van der Waals surface area contributed by atoms with E-state index < -0.39 is 18.4 Å². The van der Waals surface area contributed by atoms with Crippen molar-refractivity contribution in [1.29, 1.82) is 0 Å². The van der Waals surface area contributed by atoms with E-state index in [0.29, 0.717) is 10.9 Å². The summed E-state index contributed by atoms with van der Waals surface area (Å²) in [6.07, 6.45) is 1.30. The number of benzene rings is 1. The van der Waals surface area contributed by atoms with Gasteiger partial charge in [0.2, 0.25) is 0 Å². The first-order valence-electron chi connectivity index (χ1n) is 5.14. The number of nitrogens with zero attached hydrogens (tertiary/aromatic N) is 2. The number of ether oxygens (including phenoxy) is 1. The van der Waals surface area contributed by atoms with Crippen LogP contribution >= 0.6 is 0 Å². The first-order valence-corrected chi connectivity index (χ1v) is 5.14. The molecule has 8 heteroatoms. The molecule has 0 spiro atoms. The number of fused-ring (bicyclic) bond motifs is 1. The maximum atomic E-state index is 12.5. The molecule has 1 aromatic carbocycles. The van der Waals surface area contributed by atoms with E-state index in [0.717, 1.165) is 12.1 Å². The Labute approximate surface area is 100 Å². The normalized spacial score (nSPS) is 11.8. The Hall–Kier alpha value is -1.99. The zero-order valence-electron chi connectivity index (χ0n) is 9.44. The van der Waals surface area contributed by atoms with Gasteiger partial charge < -0.3 is 17.7 Å². The van der Waals surface area contributed by atoms with Crippen molar-refractivity contribution in [2.45, 2.75) is 6.54 Å². The van der Waals surface area contributed by atoms with Crippen molar-refractivity contribution in [3.05, 3.63) is 24.4 Å². The van der Waals surface area contributed by atoms with Gasteiger partial charge in [-0.15, -0.1) is 5.46 Å². The molecule has 0 bridgehead atoms. The Morgan fingerprint density at radius 1 is 1.44 bits per heavy atom. The van der Waals surface area contributed by atoms with E-state index in [2.05, 4.69) is 9.84 Å². The van der Waals surface area contributed by atoms with Crippen molar-refractivity contribution < 1.29 is 22.5 Å². The number of methoxy groups -OCH3 is 1. The lowest BCUT2D eigenvalue weighted by Crippen LogP contribution is -2.33. The predicted molar refractivity (Wildman–Crippen MR) is 60.5 cm³/mol. The molecule has 0 saturated carbocycles. The molecule has 0 aliphatic carbocycles. The Bertz CT molecular complexity index is 594. The third kappa shape index (κ3) is 2.32. The van der Waals surface area contributed by atoms with E-state index in [9.17, 15) is 17.7 Å². The molecular formula is C10H9BF3N2O2-. The number of aromatic nitrogens is 2. The minimum atomic E-state index is -5.03. The van der Waals surface area contributed by atoms with Crippen molar-refractivity contribution in [2.75, 3.05) is 7.11 Å². The molecule has 1 heterocycles. The fourth-order valence-electron chi connectivity index (χ4n) is 1.62. The maximum absolute atomic E-state index is 12.5. The number of halogens is 3. The van der Waals surface area contributed by atoms with E-state index in [-0.39, 0.29) is 6.54 Å². The third-order valence-corrected chi connectivity index (χ3v) is 2.55. The van der Waals surface area contributed by atoms with Crippen molar-refractivity contribution >= 4 is 29.3 Å². The minimum absolute atomic E-state index is 0.128. The van der Waals surface area contributed by atoms with E-state index in [1.165, 1.54) is 24.1 Å². The van der Waals surface area contributed by atoms with Gasteiger partial charge in [-0.25, -0.2) is 0 Å². The van der Waals surface area contributed by atoms with Gasteiger partial charge in [0.25, 0.3) is 0 Å². The minimum Gasteiger partial charge on any atom is -0.468 e. The van der Waals surface area contributed by atoms with Gasteiger partial charge in [0, 0.05) is 5.39 Å². The van der Waals surface area contributed by atoms with Crippen LogP contribution in [0.4, 0.5) is 12.9 Å². The molecule has 2 aromatic rings.